The summed E-state index contributed by atoms with van der Waals surface area (Å²) in [5.41, 5.74) is 3.19. The van der Waals surface area contributed by atoms with Crippen molar-refractivity contribution in [2.24, 2.45) is 0 Å². The highest BCUT2D eigenvalue weighted by atomic mass is 16.2. The van der Waals surface area contributed by atoms with Crippen molar-refractivity contribution in [2.75, 3.05) is 18.4 Å². The number of carbonyl (C=O) groups excluding carboxylic acids is 1. The normalized spacial score (nSPS) is 15.3. The molecule has 2 aromatic heterocycles. The first-order valence-electron chi connectivity index (χ1n) is 9.70. The van der Waals surface area contributed by atoms with Crippen molar-refractivity contribution < 1.29 is 4.79 Å². The maximum atomic E-state index is 12.7. The number of aromatic nitrogens is 4. The van der Waals surface area contributed by atoms with E-state index in [-0.39, 0.29) is 5.91 Å². The Bertz CT molecular complexity index is 951. The molecule has 1 aliphatic rings. The molecule has 1 amide bonds. The average molecular weight is 366 g/mol. The molecule has 0 aliphatic carbocycles. The van der Waals surface area contributed by atoms with Gasteiger partial charge in [0.25, 0.3) is 5.91 Å². The molecule has 1 fully saturated rings. The van der Waals surface area contributed by atoms with Crippen molar-refractivity contribution in [3.8, 4) is 0 Å². The van der Waals surface area contributed by atoms with Crippen LogP contribution in [0.3, 0.4) is 0 Å². The first-order chi connectivity index (χ1) is 13.2. The summed E-state index contributed by atoms with van der Waals surface area (Å²) in [7, 11) is 0. The van der Waals surface area contributed by atoms with Crippen molar-refractivity contribution in [3.63, 3.8) is 0 Å². The van der Waals surface area contributed by atoms with E-state index in [1.165, 1.54) is 5.52 Å². The molecule has 0 saturated carbocycles. The molecular formula is C20H26N6O. The van der Waals surface area contributed by atoms with E-state index in [9.17, 15) is 4.79 Å². The van der Waals surface area contributed by atoms with Gasteiger partial charge in [-0.05, 0) is 63.5 Å². The second kappa shape index (κ2) is 7.52. The van der Waals surface area contributed by atoms with Crippen LogP contribution in [0.15, 0.2) is 30.5 Å². The zero-order chi connectivity index (χ0) is 18.8. The number of benzene rings is 1. The minimum Gasteiger partial charge on any atom is -0.347 e. The van der Waals surface area contributed by atoms with Gasteiger partial charge in [0, 0.05) is 29.3 Å². The van der Waals surface area contributed by atoms with E-state index in [2.05, 4.69) is 50.8 Å². The summed E-state index contributed by atoms with van der Waals surface area (Å²) in [6.07, 6.45) is 5.20. The molecule has 0 radical (unpaired) electrons. The van der Waals surface area contributed by atoms with E-state index in [0.717, 1.165) is 55.7 Å². The lowest BCUT2D eigenvalue weighted by atomic mass is 10.1. The molecule has 7 heteroatoms. The van der Waals surface area contributed by atoms with Crippen LogP contribution in [0, 0.1) is 6.92 Å². The topological polar surface area (TPSA) is 76.8 Å². The van der Waals surface area contributed by atoms with E-state index >= 15 is 0 Å². The van der Waals surface area contributed by atoms with Gasteiger partial charge in [0.15, 0.2) is 5.69 Å². The molecule has 2 N–H and O–H groups in total. The molecule has 1 saturated heterocycles. The van der Waals surface area contributed by atoms with Crippen molar-refractivity contribution >= 4 is 22.5 Å². The number of rotatable bonds is 5. The number of hydrogen-bond donors (Lipinski definition) is 2. The van der Waals surface area contributed by atoms with Crippen LogP contribution in [0.4, 0.5) is 5.69 Å². The molecule has 3 heterocycles. The van der Waals surface area contributed by atoms with E-state index in [4.69, 9.17) is 0 Å². The van der Waals surface area contributed by atoms with Crippen LogP contribution in [0.1, 0.15) is 48.4 Å². The fraction of sp³-hybridized carbons (Fsp3) is 0.450. The Morgan fingerprint density at radius 1 is 1.30 bits per heavy atom. The van der Waals surface area contributed by atoms with E-state index in [1.807, 2.05) is 23.7 Å². The highest BCUT2D eigenvalue weighted by molar-refractivity contribution is 6.04. The van der Waals surface area contributed by atoms with Crippen LogP contribution in [0.5, 0.6) is 0 Å². The van der Waals surface area contributed by atoms with Gasteiger partial charge < -0.3 is 15.2 Å². The van der Waals surface area contributed by atoms with Crippen molar-refractivity contribution in [1.29, 1.82) is 0 Å². The van der Waals surface area contributed by atoms with E-state index in [1.54, 1.807) is 0 Å². The smallest absolute Gasteiger partial charge is 0.278 e. The average Bonchev–Trinajstić information content (AvgIpc) is 3.26. The maximum Gasteiger partial charge on any atom is 0.278 e. The molecule has 0 spiro atoms. The van der Waals surface area contributed by atoms with Crippen LogP contribution in [-0.4, -0.2) is 38.6 Å². The zero-order valence-corrected chi connectivity index (χ0v) is 15.9. The van der Waals surface area contributed by atoms with E-state index in [0.29, 0.717) is 11.7 Å². The fourth-order valence-electron chi connectivity index (χ4n) is 3.85. The van der Waals surface area contributed by atoms with Gasteiger partial charge in [-0.25, -0.2) is 4.68 Å². The van der Waals surface area contributed by atoms with Gasteiger partial charge in [-0.2, -0.15) is 0 Å². The highest BCUT2D eigenvalue weighted by Crippen LogP contribution is 2.23. The quantitative estimate of drug-likeness (QED) is 0.727. The summed E-state index contributed by atoms with van der Waals surface area (Å²) in [5, 5.41) is 15.8. The monoisotopic (exact) mass is 366 g/mol. The summed E-state index contributed by atoms with van der Waals surface area (Å²) in [4.78, 5) is 12.7. The molecule has 3 aromatic rings. The summed E-state index contributed by atoms with van der Waals surface area (Å²) in [6, 6.07) is 8.40. The molecule has 4 rings (SSSR count). The molecule has 0 atom stereocenters. The Morgan fingerprint density at radius 2 is 2.11 bits per heavy atom. The summed E-state index contributed by atoms with van der Waals surface area (Å²) >= 11 is 0. The van der Waals surface area contributed by atoms with Crippen LogP contribution in [0.25, 0.3) is 10.9 Å². The zero-order valence-electron chi connectivity index (χ0n) is 15.9. The lowest BCUT2D eigenvalue weighted by Crippen LogP contribution is -2.30. The summed E-state index contributed by atoms with van der Waals surface area (Å²) in [6.45, 7) is 7.03. The fourth-order valence-corrected chi connectivity index (χ4v) is 3.85. The lowest BCUT2D eigenvalue weighted by Gasteiger charge is -2.23. The number of amides is 1. The first-order valence-corrected chi connectivity index (χ1v) is 9.70. The maximum absolute atomic E-state index is 12.7. The Kier molecular flexibility index (Phi) is 4.94. The second-order valence-corrected chi connectivity index (χ2v) is 7.19. The molecule has 27 heavy (non-hydrogen) atoms. The third kappa shape index (κ3) is 3.47. The molecule has 1 aromatic carbocycles. The van der Waals surface area contributed by atoms with Gasteiger partial charge in [-0.15, -0.1) is 5.10 Å². The SMILES string of the molecule is CCCn1ccc2cc(NC(=O)c3nnn(C4CCNCC4)c3C)ccc21. The third-order valence-corrected chi connectivity index (χ3v) is 5.29. The number of nitrogens with one attached hydrogen (secondary N) is 2. The first kappa shape index (κ1) is 17.7. The Hall–Kier alpha value is -2.67. The lowest BCUT2D eigenvalue weighted by molar-refractivity contribution is 0.102. The number of piperidine rings is 1. The molecule has 7 nitrogen and oxygen atoms in total. The molecular weight excluding hydrogens is 340 g/mol. The Morgan fingerprint density at radius 3 is 2.89 bits per heavy atom. The van der Waals surface area contributed by atoms with Gasteiger partial charge in [0.05, 0.1) is 11.7 Å². The number of carbonyl (C=O) groups is 1. The van der Waals surface area contributed by atoms with Crippen LogP contribution in [0.2, 0.25) is 0 Å². The van der Waals surface area contributed by atoms with E-state index < -0.39 is 0 Å². The van der Waals surface area contributed by atoms with Gasteiger partial charge >= 0.3 is 0 Å². The summed E-state index contributed by atoms with van der Waals surface area (Å²) < 4.78 is 4.14. The number of nitrogens with zero attached hydrogens (tertiary/aromatic N) is 4. The van der Waals surface area contributed by atoms with Crippen molar-refractivity contribution in [1.82, 2.24) is 24.9 Å². The predicted molar refractivity (Wildman–Crippen MR) is 106 cm³/mol. The van der Waals surface area contributed by atoms with Crippen LogP contribution in [-0.2, 0) is 6.54 Å². The van der Waals surface area contributed by atoms with Crippen molar-refractivity contribution in [2.45, 2.75) is 45.7 Å². The Balaban J connectivity index is 1.52. The van der Waals surface area contributed by atoms with Gasteiger partial charge in [-0.1, -0.05) is 12.1 Å². The van der Waals surface area contributed by atoms with Gasteiger partial charge in [0.1, 0.15) is 0 Å². The number of anilines is 1. The number of aryl methyl sites for hydroxylation is 1. The predicted octanol–water partition coefficient (Wildman–Crippen LogP) is 3.13. The molecule has 0 unspecified atom stereocenters. The van der Waals surface area contributed by atoms with Gasteiger partial charge in [0.2, 0.25) is 0 Å². The molecule has 0 bridgehead atoms. The Labute approximate surface area is 158 Å². The molecule has 1 aliphatic heterocycles. The third-order valence-electron chi connectivity index (χ3n) is 5.29. The second-order valence-electron chi connectivity index (χ2n) is 7.19. The molecule has 142 valence electrons. The minimum atomic E-state index is -0.208. The van der Waals surface area contributed by atoms with Crippen LogP contribution < -0.4 is 10.6 Å². The largest absolute Gasteiger partial charge is 0.347 e. The highest BCUT2D eigenvalue weighted by Gasteiger charge is 2.23. The minimum absolute atomic E-state index is 0.208. The summed E-state index contributed by atoms with van der Waals surface area (Å²) in [5.74, 6) is -0.208. The number of fused-ring (bicyclic) bond motifs is 1. The van der Waals surface area contributed by atoms with Crippen LogP contribution >= 0.6 is 0 Å². The van der Waals surface area contributed by atoms with Gasteiger partial charge in [-0.3, -0.25) is 4.79 Å². The van der Waals surface area contributed by atoms with Crippen molar-refractivity contribution in [3.05, 3.63) is 41.9 Å². The standard InChI is InChI=1S/C20H26N6O/c1-3-11-25-12-8-15-13-16(4-5-18(15)25)22-20(27)19-14(2)26(24-23-19)17-6-9-21-10-7-17/h4-5,8,12-13,17,21H,3,6-7,9-11H2,1-2H3,(H,22,27). The number of hydrogen-bond acceptors (Lipinski definition) is 4.